The number of nitriles is 3. The van der Waals surface area contributed by atoms with Crippen molar-refractivity contribution in [3.8, 4) is 18.2 Å². The van der Waals surface area contributed by atoms with E-state index in [1.54, 1.807) is 24.1 Å². The Balaban J connectivity index is 0.000000433. The lowest BCUT2D eigenvalue weighted by molar-refractivity contribution is -0.921. The van der Waals surface area contributed by atoms with Gasteiger partial charge in [-0.05, 0) is 33.8 Å². The lowest BCUT2D eigenvalue weighted by Gasteiger charge is -2.34. The molecule has 0 fully saturated rings. The molecule has 1 rings (SSSR count). The highest BCUT2D eigenvalue weighted by atomic mass is 15.3. The molecule has 0 aromatic carbocycles. The molecule has 0 aliphatic heterocycles. The molecule has 5 heteroatoms. The Kier molecular flexibility index (Phi) is 8.21. The molecule has 22 heavy (non-hydrogen) atoms. The summed E-state index contributed by atoms with van der Waals surface area (Å²) in [6, 6.07) is 5.23. The van der Waals surface area contributed by atoms with Crippen molar-refractivity contribution in [1.82, 2.24) is 0 Å². The van der Waals surface area contributed by atoms with Crippen molar-refractivity contribution in [2.75, 3.05) is 26.2 Å². The quantitative estimate of drug-likeness (QED) is 0.589. The zero-order valence-corrected chi connectivity index (χ0v) is 13.6. The van der Waals surface area contributed by atoms with Gasteiger partial charge in [-0.2, -0.15) is 15.8 Å². The van der Waals surface area contributed by atoms with Crippen LogP contribution < -0.4 is 0 Å². The molecule has 0 atom stereocenters. The monoisotopic (exact) mass is 295 g/mol. The second-order valence-electron chi connectivity index (χ2n) is 4.78. The Morgan fingerprint density at radius 2 is 1.41 bits per heavy atom. The highest BCUT2D eigenvalue weighted by Crippen LogP contribution is 2.27. The van der Waals surface area contributed by atoms with Crippen LogP contribution in [0.15, 0.2) is 28.4 Å². The number of hydrogen-bond donors (Lipinski definition) is 0. The molecule has 5 nitrogen and oxygen atoms in total. The van der Waals surface area contributed by atoms with Crippen LogP contribution >= 0.6 is 0 Å². The van der Waals surface area contributed by atoms with Gasteiger partial charge >= 0.3 is 0 Å². The van der Waals surface area contributed by atoms with Crippen LogP contribution in [0.3, 0.4) is 0 Å². The van der Waals surface area contributed by atoms with Crippen molar-refractivity contribution in [1.29, 1.82) is 15.8 Å². The van der Waals surface area contributed by atoms with Crippen LogP contribution in [0.2, 0.25) is 0 Å². The van der Waals surface area contributed by atoms with Crippen LogP contribution in [0.4, 0.5) is 0 Å². The Hall–Kier alpha value is -2.64. The summed E-state index contributed by atoms with van der Waals surface area (Å²) in [7, 11) is 0. The second-order valence-corrected chi connectivity index (χ2v) is 4.78. The van der Waals surface area contributed by atoms with Gasteiger partial charge < -0.3 is 9.89 Å². The van der Waals surface area contributed by atoms with E-state index in [0.717, 1.165) is 0 Å². The van der Waals surface area contributed by atoms with Gasteiger partial charge in [0, 0.05) is 5.57 Å². The molecular formula is C17H21N5. The first-order valence-electron chi connectivity index (χ1n) is 7.32. The predicted octanol–water partition coefficient (Wildman–Crippen LogP) is 2.84. The third-order valence-corrected chi connectivity index (χ3v) is 4.23. The van der Waals surface area contributed by atoms with Gasteiger partial charge in [0.05, 0.1) is 42.9 Å². The van der Waals surface area contributed by atoms with Crippen LogP contribution in [-0.4, -0.2) is 36.5 Å². The molecule has 0 radical (unpaired) electrons. The van der Waals surface area contributed by atoms with Gasteiger partial charge in [0.25, 0.3) is 0 Å². The number of allylic oxidation sites excluding steroid dienone is 5. The van der Waals surface area contributed by atoms with Gasteiger partial charge in [0.2, 0.25) is 0 Å². The van der Waals surface area contributed by atoms with Crippen molar-refractivity contribution in [2.45, 2.75) is 27.7 Å². The number of quaternary nitrogens is 1. The molecule has 0 N–H and O–H groups in total. The molecular weight excluding hydrogens is 274 g/mol. The average molecular weight is 295 g/mol. The van der Waals surface area contributed by atoms with E-state index in [-0.39, 0.29) is 22.3 Å². The first-order chi connectivity index (χ1) is 10.5. The second kappa shape index (κ2) is 9.32. The van der Waals surface area contributed by atoms with E-state index in [9.17, 15) is 0 Å². The summed E-state index contributed by atoms with van der Waals surface area (Å²) in [5.41, 5.74) is 0.134. The molecule has 0 spiro atoms. The van der Waals surface area contributed by atoms with E-state index in [2.05, 4.69) is 27.7 Å². The number of rotatable bonds is 4. The highest BCUT2D eigenvalue weighted by molar-refractivity contribution is 5.84. The van der Waals surface area contributed by atoms with Crippen molar-refractivity contribution < 1.29 is 4.48 Å². The van der Waals surface area contributed by atoms with Gasteiger partial charge in [0.1, 0.15) is 18.2 Å². The van der Waals surface area contributed by atoms with Gasteiger partial charge in [-0.3, -0.25) is 5.87 Å². The zero-order chi connectivity index (χ0) is 17.2. The normalized spacial score (nSPS) is 13.1. The maximum absolute atomic E-state index is 8.61. The molecule has 0 unspecified atom stereocenters. The predicted molar refractivity (Wildman–Crippen MR) is 86.3 cm³/mol. The van der Waals surface area contributed by atoms with E-state index in [4.69, 9.17) is 21.2 Å². The number of hydrogen-bond acceptors (Lipinski definition) is 3. The lowest BCUT2D eigenvalue weighted by Crippen LogP contribution is -2.47. The minimum atomic E-state index is -0.0125. The van der Waals surface area contributed by atoms with Crippen molar-refractivity contribution >= 4 is 5.87 Å². The minimum absolute atomic E-state index is 0.0125. The van der Waals surface area contributed by atoms with Crippen molar-refractivity contribution in [3.05, 3.63) is 33.8 Å². The third kappa shape index (κ3) is 4.18. The van der Waals surface area contributed by atoms with Crippen molar-refractivity contribution in [2.24, 2.45) is 0 Å². The molecule has 0 bridgehead atoms. The largest absolute Gasteiger partial charge is 0.763 e. The topological polar surface area (TPSA) is 93.7 Å². The molecule has 0 aromatic heterocycles. The molecule has 1 aliphatic carbocycles. The van der Waals surface area contributed by atoms with E-state index in [1.165, 1.54) is 36.7 Å². The summed E-state index contributed by atoms with van der Waals surface area (Å²) < 4.78 is 1.28. The third-order valence-electron chi connectivity index (χ3n) is 4.23. The van der Waals surface area contributed by atoms with Gasteiger partial charge in [0.15, 0.2) is 0 Å². The van der Waals surface area contributed by atoms with E-state index < -0.39 is 0 Å². The fraction of sp³-hybridized carbons (Fsp3) is 0.471. The van der Waals surface area contributed by atoms with Crippen LogP contribution in [-0.2, 0) is 0 Å². The fourth-order valence-electron chi connectivity index (χ4n) is 2.31. The van der Waals surface area contributed by atoms with Crippen LogP contribution in [0.25, 0.3) is 5.41 Å². The van der Waals surface area contributed by atoms with Gasteiger partial charge in [-0.1, -0.05) is 0 Å². The summed E-state index contributed by atoms with van der Waals surface area (Å²) in [6.07, 6.45) is 1.25. The first-order valence-corrected chi connectivity index (χ1v) is 7.32. The van der Waals surface area contributed by atoms with E-state index >= 15 is 0 Å². The maximum Gasteiger partial charge on any atom is 0.102 e. The van der Waals surface area contributed by atoms with Gasteiger partial charge in [-0.15, -0.1) is 0 Å². The summed E-state index contributed by atoms with van der Waals surface area (Å²) in [5, 5.41) is 34.3. The Labute approximate surface area is 132 Å². The Morgan fingerprint density at radius 3 is 1.64 bits per heavy atom. The minimum Gasteiger partial charge on any atom is -0.763 e. The standard InChI is InChI=1S/C9HN4.C8H20N/c10-2-6-1-7(3-11)9(5-13)8(6)4-12;1-5-9(6-2,7-3)8-4/h1H;5-8H2,1-4H3/q-1;+1. The van der Waals surface area contributed by atoms with Crippen LogP contribution in [0, 0.1) is 34.0 Å². The molecule has 114 valence electrons. The molecule has 0 aromatic rings. The molecule has 0 saturated carbocycles. The molecule has 0 saturated heterocycles. The van der Waals surface area contributed by atoms with Gasteiger partial charge in [-0.25, -0.2) is 0 Å². The number of nitrogens with zero attached hydrogens (tertiary/aromatic N) is 5. The van der Waals surface area contributed by atoms with E-state index in [0.29, 0.717) is 0 Å². The smallest absolute Gasteiger partial charge is 0.102 e. The van der Waals surface area contributed by atoms with Crippen LogP contribution in [0.5, 0.6) is 0 Å². The Bertz CT molecular complexity index is 618. The molecule has 1 aliphatic rings. The summed E-state index contributed by atoms with van der Waals surface area (Å²) in [4.78, 5) is 0. The SMILES string of the molecule is CC[N+](CC)(CC)CC.N#CC1=CC(C#N)=C(C#N)C1=C=[N-]. The summed E-state index contributed by atoms with van der Waals surface area (Å²) in [6.45, 7) is 14.2. The first kappa shape index (κ1) is 19.4. The lowest BCUT2D eigenvalue weighted by atomic mass is 10.1. The average Bonchev–Trinajstić information content (AvgIpc) is 2.94. The molecule has 0 amide bonds. The summed E-state index contributed by atoms with van der Waals surface area (Å²) in [5.74, 6) is 1.72. The van der Waals surface area contributed by atoms with Crippen molar-refractivity contribution in [3.63, 3.8) is 0 Å². The Morgan fingerprint density at radius 1 is 0.909 bits per heavy atom. The fourth-order valence-corrected chi connectivity index (χ4v) is 2.31. The summed E-state index contributed by atoms with van der Waals surface area (Å²) >= 11 is 0. The molecule has 0 heterocycles. The van der Waals surface area contributed by atoms with Crippen LogP contribution in [0.1, 0.15) is 27.7 Å². The van der Waals surface area contributed by atoms with E-state index in [1.807, 2.05) is 0 Å². The maximum atomic E-state index is 8.61. The highest BCUT2D eigenvalue weighted by Gasteiger charge is 2.20. The zero-order valence-electron chi connectivity index (χ0n) is 13.6.